The van der Waals surface area contributed by atoms with Gasteiger partial charge in [0.05, 0.1) is 6.54 Å². The summed E-state index contributed by atoms with van der Waals surface area (Å²) in [7, 11) is 0. The lowest BCUT2D eigenvalue weighted by atomic mass is 9.84. The van der Waals surface area contributed by atoms with Gasteiger partial charge in [-0.05, 0) is 31.8 Å². The zero-order chi connectivity index (χ0) is 13.5. The normalized spacial score (nSPS) is 30.8. The molecule has 4 heterocycles. The highest BCUT2D eigenvalue weighted by Gasteiger charge is 2.36. The van der Waals surface area contributed by atoms with Crippen LogP contribution in [0.15, 0.2) is 0 Å². The number of rotatable bonds is 3. The first kappa shape index (κ1) is 12.9. The molecule has 3 saturated heterocycles. The molecule has 3 fully saturated rings. The minimum atomic E-state index is -4.48. The molecule has 0 aromatic carbocycles. The number of H-pyrrole nitrogens is 1. The molecule has 3 aliphatic rings. The van der Waals surface area contributed by atoms with Crippen LogP contribution in [-0.2, 0) is 12.7 Å². The van der Waals surface area contributed by atoms with Crippen LogP contribution in [0.25, 0.3) is 0 Å². The van der Waals surface area contributed by atoms with Gasteiger partial charge >= 0.3 is 6.18 Å². The van der Waals surface area contributed by atoms with Crippen molar-refractivity contribution in [2.75, 3.05) is 19.6 Å². The van der Waals surface area contributed by atoms with Crippen LogP contribution in [0.3, 0.4) is 0 Å². The standard InChI is InChI=1S/C11H16F3N5/c12-11(13,14)10-16-9(17-18-10)5-15-8-6-19-3-1-7(8)2-4-19/h7-8,15H,1-6H2,(H,16,17,18). The summed E-state index contributed by atoms with van der Waals surface area (Å²) in [6.45, 7) is 3.57. The largest absolute Gasteiger partial charge is 0.453 e. The number of halogens is 3. The fraction of sp³-hybridized carbons (Fsp3) is 0.818. The van der Waals surface area contributed by atoms with Crippen LogP contribution in [0.5, 0.6) is 0 Å². The smallest absolute Gasteiger partial charge is 0.305 e. The lowest BCUT2D eigenvalue weighted by molar-refractivity contribution is -0.144. The van der Waals surface area contributed by atoms with Gasteiger partial charge in [0.1, 0.15) is 5.82 Å². The van der Waals surface area contributed by atoms with E-state index in [-0.39, 0.29) is 5.82 Å². The molecule has 3 aliphatic heterocycles. The van der Waals surface area contributed by atoms with Gasteiger partial charge in [-0.2, -0.15) is 13.2 Å². The first-order valence-electron chi connectivity index (χ1n) is 6.46. The summed E-state index contributed by atoms with van der Waals surface area (Å²) >= 11 is 0. The summed E-state index contributed by atoms with van der Waals surface area (Å²) < 4.78 is 37.0. The molecule has 19 heavy (non-hydrogen) atoms. The number of aromatic amines is 1. The number of hydrogen-bond acceptors (Lipinski definition) is 4. The van der Waals surface area contributed by atoms with Crippen LogP contribution in [0, 0.1) is 5.92 Å². The molecule has 0 radical (unpaired) electrons. The number of piperidine rings is 3. The average Bonchev–Trinajstić information content (AvgIpc) is 2.86. The van der Waals surface area contributed by atoms with Crippen LogP contribution in [0.2, 0.25) is 0 Å². The molecule has 1 atom stereocenters. The van der Waals surface area contributed by atoms with E-state index in [0.717, 1.165) is 19.6 Å². The minimum absolute atomic E-state index is 0.240. The van der Waals surface area contributed by atoms with Gasteiger partial charge in [0.2, 0.25) is 0 Å². The molecule has 0 spiro atoms. The molecular weight excluding hydrogens is 259 g/mol. The fourth-order valence-electron chi connectivity index (χ4n) is 2.93. The van der Waals surface area contributed by atoms with E-state index in [1.54, 1.807) is 0 Å². The van der Waals surface area contributed by atoms with Crippen molar-refractivity contribution >= 4 is 0 Å². The van der Waals surface area contributed by atoms with Gasteiger partial charge in [-0.25, -0.2) is 4.98 Å². The summed E-state index contributed by atoms with van der Waals surface area (Å²) in [5.74, 6) is -0.225. The second-order valence-electron chi connectivity index (χ2n) is 5.23. The van der Waals surface area contributed by atoms with Gasteiger partial charge in [-0.3, -0.25) is 5.10 Å². The summed E-state index contributed by atoms with van der Waals surface area (Å²) in [5, 5.41) is 8.82. The molecular formula is C11H16F3N5. The molecule has 5 nitrogen and oxygen atoms in total. The molecule has 0 amide bonds. The van der Waals surface area contributed by atoms with Crippen molar-refractivity contribution in [2.24, 2.45) is 5.92 Å². The van der Waals surface area contributed by atoms with Crippen molar-refractivity contribution in [1.29, 1.82) is 0 Å². The van der Waals surface area contributed by atoms with Crippen LogP contribution in [-0.4, -0.2) is 45.8 Å². The number of hydrogen-bond donors (Lipinski definition) is 2. The molecule has 2 bridgehead atoms. The lowest BCUT2D eigenvalue weighted by Crippen LogP contribution is -2.55. The molecule has 2 N–H and O–H groups in total. The highest BCUT2D eigenvalue weighted by Crippen LogP contribution is 2.28. The number of nitrogens with zero attached hydrogens (tertiary/aromatic N) is 3. The number of nitrogens with one attached hydrogen (secondary N) is 2. The first-order valence-corrected chi connectivity index (χ1v) is 6.46. The molecule has 8 heteroatoms. The Morgan fingerprint density at radius 1 is 1.32 bits per heavy atom. The zero-order valence-electron chi connectivity index (χ0n) is 10.4. The molecule has 106 valence electrons. The van der Waals surface area contributed by atoms with E-state index in [4.69, 9.17) is 0 Å². The first-order chi connectivity index (χ1) is 9.02. The van der Waals surface area contributed by atoms with Crippen LogP contribution in [0.4, 0.5) is 13.2 Å². The van der Waals surface area contributed by atoms with Gasteiger partial charge in [0, 0.05) is 12.6 Å². The van der Waals surface area contributed by atoms with Crippen LogP contribution >= 0.6 is 0 Å². The van der Waals surface area contributed by atoms with E-state index < -0.39 is 12.0 Å². The Morgan fingerprint density at radius 3 is 2.58 bits per heavy atom. The molecule has 0 saturated carbocycles. The van der Waals surface area contributed by atoms with E-state index in [1.807, 2.05) is 0 Å². The van der Waals surface area contributed by atoms with E-state index in [0.29, 0.717) is 18.5 Å². The van der Waals surface area contributed by atoms with E-state index in [1.165, 1.54) is 12.8 Å². The number of alkyl halides is 3. The van der Waals surface area contributed by atoms with Crippen molar-refractivity contribution in [3.05, 3.63) is 11.6 Å². The molecule has 1 unspecified atom stereocenters. The fourth-order valence-corrected chi connectivity index (χ4v) is 2.93. The number of aromatic nitrogens is 3. The Labute approximate surface area is 108 Å². The zero-order valence-corrected chi connectivity index (χ0v) is 10.4. The second-order valence-corrected chi connectivity index (χ2v) is 5.23. The Bertz CT molecular complexity index is 436. The summed E-state index contributed by atoms with van der Waals surface area (Å²) in [4.78, 5) is 5.85. The van der Waals surface area contributed by atoms with Crippen LogP contribution in [0.1, 0.15) is 24.5 Å². The van der Waals surface area contributed by atoms with E-state index in [9.17, 15) is 13.2 Å². The van der Waals surface area contributed by atoms with Crippen molar-refractivity contribution in [1.82, 2.24) is 25.4 Å². The maximum absolute atomic E-state index is 12.3. The summed E-state index contributed by atoms with van der Waals surface area (Å²) in [6, 6.07) is 0.349. The Morgan fingerprint density at radius 2 is 2.05 bits per heavy atom. The predicted molar refractivity (Wildman–Crippen MR) is 61.2 cm³/mol. The Balaban J connectivity index is 1.56. The van der Waals surface area contributed by atoms with Gasteiger partial charge < -0.3 is 10.2 Å². The molecule has 1 aromatic rings. The molecule has 0 aliphatic carbocycles. The van der Waals surface area contributed by atoms with E-state index >= 15 is 0 Å². The average molecular weight is 275 g/mol. The highest BCUT2D eigenvalue weighted by molar-refractivity contribution is 4.96. The maximum Gasteiger partial charge on any atom is 0.453 e. The predicted octanol–water partition coefficient (Wildman–Crippen LogP) is 1.01. The van der Waals surface area contributed by atoms with Gasteiger partial charge in [0.25, 0.3) is 5.82 Å². The number of fused-ring (bicyclic) bond motifs is 3. The SMILES string of the molecule is FC(F)(F)c1n[nH]c(CNC2CN3CCC2CC3)n1. The van der Waals surface area contributed by atoms with Crippen molar-refractivity contribution in [3.8, 4) is 0 Å². The van der Waals surface area contributed by atoms with Crippen molar-refractivity contribution in [3.63, 3.8) is 0 Å². The molecule has 1 aromatic heterocycles. The topological polar surface area (TPSA) is 56.8 Å². The van der Waals surface area contributed by atoms with Crippen molar-refractivity contribution < 1.29 is 13.2 Å². The third-order valence-corrected chi connectivity index (χ3v) is 3.97. The van der Waals surface area contributed by atoms with Gasteiger partial charge in [0.15, 0.2) is 0 Å². The monoisotopic (exact) mass is 275 g/mol. The Hall–Kier alpha value is -1.15. The lowest BCUT2D eigenvalue weighted by Gasteiger charge is -2.45. The minimum Gasteiger partial charge on any atom is -0.305 e. The summed E-state index contributed by atoms with van der Waals surface area (Å²) in [5.41, 5.74) is 0. The van der Waals surface area contributed by atoms with Gasteiger partial charge in [-0.1, -0.05) is 0 Å². The highest BCUT2D eigenvalue weighted by atomic mass is 19.4. The van der Waals surface area contributed by atoms with E-state index in [2.05, 4.69) is 25.4 Å². The third kappa shape index (κ3) is 2.74. The summed E-state index contributed by atoms with van der Waals surface area (Å²) in [6.07, 6.45) is -2.14. The van der Waals surface area contributed by atoms with Gasteiger partial charge in [-0.15, -0.1) is 5.10 Å². The Kier molecular flexibility index (Phi) is 3.22. The maximum atomic E-state index is 12.3. The second kappa shape index (κ2) is 4.75. The van der Waals surface area contributed by atoms with Crippen LogP contribution < -0.4 is 5.32 Å². The molecule has 4 rings (SSSR count). The third-order valence-electron chi connectivity index (χ3n) is 3.97. The quantitative estimate of drug-likeness (QED) is 0.864. The van der Waals surface area contributed by atoms with Crippen molar-refractivity contribution in [2.45, 2.75) is 31.6 Å².